The van der Waals surface area contributed by atoms with Gasteiger partial charge >= 0.3 is 5.97 Å². The van der Waals surface area contributed by atoms with Gasteiger partial charge in [-0.05, 0) is 11.6 Å². The Kier molecular flexibility index (Phi) is 2.60. The molecule has 2 rings (SSSR count). The van der Waals surface area contributed by atoms with Crippen LogP contribution in [0.1, 0.15) is 10.4 Å². The van der Waals surface area contributed by atoms with Gasteiger partial charge in [0.05, 0.1) is 0 Å². The standard InChI is InChI=1S/C13H10O3/c14-12-10(9-5-2-1-3-6-9)7-4-8-11(12)13(15)16/h1-8,14H,(H,15,16)/p+1. The molecule has 0 unspecified atom stereocenters. The Morgan fingerprint density at radius 2 is 1.69 bits per heavy atom. The Bertz CT molecular complexity index is 518. The van der Waals surface area contributed by atoms with Crippen molar-refractivity contribution in [2.24, 2.45) is 0 Å². The van der Waals surface area contributed by atoms with Crippen LogP contribution < -0.4 is 0 Å². The van der Waals surface area contributed by atoms with Crippen LogP contribution in [0, 0.1) is 0 Å². The lowest BCUT2D eigenvalue weighted by molar-refractivity contribution is 0.0694. The Morgan fingerprint density at radius 3 is 2.31 bits per heavy atom. The van der Waals surface area contributed by atoms with E-state index in [9.17, 15) is 9.90 Å². The van der Waals surface area contributed by atoms with E-state index in [2.05, 4.69) is 0 Å². The molecule has 0 aliphatic heterocycles. The summed E-state index contributed by atoms with van der Waals surface area (Å²) in [5.74, 6) is -1.01. The largest absolute Gasteiger partial charge is 0.561 e. The molecule has 0 saturated carbocycles. The highest BCUT2D eigenvalue weighted by Gasteiger charge is 2.19. The summed E-state index contributed by atoms with van der Waals surface area (Å²) in [6, 6.07) is 14.1. The minimum atomic E-state index is -0.879. The van der Waals surface area contributed by atoms with Crippen LogP contribution in [0.25, 0.3) is 11.1 Å². The number of aromatic hydroxyl groups is 1. The zero-order valence-corrected chi connectivity index (χ0v) is 8.47. The predicted octanol–water partition coefficient (Wildman–Crippen LogP) is 1.92. The summed E-state index contributed by atoms with van der Waals surface area (Å²) in [5.41, 5.74) is 1.42. The first-order valence-corrected chi connectivity index (χ1v) is 4.83. The zero-order valence-electron chi connectivity index (χ0n) is 8.47. The third-order valence-electron chi connectivity index (χ3n) is 2.37. The molecule has 16 heavy (non-hydrogen) atoms. The van der Waals surface area contributed by atoms with E-state index in [1.807, 2.05) is 30.3 Å². The summed E-state index contributed by atoms with van der Waals surface area (Å²) in [5, 5.41) is 16.9. The normalized spacial score (nSPS) is 10.0. The highest BCUT2D eigenvalue weighted by atomic mass is 16.4. The maximum atomic E-state index is 11.0. The lowest BCUT2D eigenvalue weighted by atomic mass is 10.0. The number of carbonyl (C=O) groups is 1. The van der Waals surface area contributed by atoms with E-state index in [0.29, 0.717) is 5.56 Å². The fourth-order valence-corrected chi connectivity index (χ4v) is 1.58. The molecule has 0 heterocycles. The molecule has 0 atom stereocenters. The maximum Gasteiger partial charge on any atom is 0.552 e. The van der Waals surface area contributed by atoms with Crippen LogP contribution in [0.4, 0.5) is 0 Å². The summed E-state index contributed by atoms with van der Waals surface area (Å²) in [6.45, 7) is 0. The molecule has 0 aromatic heterocycles. The first-order chi connectivity index (χ1) is 7.70. The quantitative estimate of drug-likeness (QED) is 0.778. The third-order valence-corrected chi connectivity index (χ3v) is 2.37. The van der Waals surface area contributed by atoms with Crippen LogP contribution in [0.5, 0.6) is 5.75 Å². The molecular formula is C13H11O3+. The van der Waals surface area contributed by atoms with Crippen LogP contribution in [0.2, 0.25) is 0 Å². The van der Waals surface area contributed by atoms with E-state index in [0.717, 1.165) is 5.56 Å². The molecule has 3 heteroatoms. The number of benzene rings is 2. The summed E-state index contributed by atoms with van der Waals surface area (Å²) in [7, 11) is 0. The number of para-hydroxylation sites is 1. The molecule has 3 nitrogen and oxygen atoms in total. The van der Waals surface area contributed by atoms with E-state index >= 15 is 0 Å². The van der Waals surface area contributed by atoms with Gasteiger partial charge in [0.2, 0.25) is 0 Å². The maximum absolute atomic E-state index is 11.0. The highest BCUT2D eigenvalue weighted by molar-refractivity contribution is 5.94. The first kappa shape index (κ1) is 10.2. The van der Waals surface area contributed by atoms with Crippen molar-refractivity contribution in [3.05, 3.63) is 54.1 Å². The lowest BCUT2D eigenvalue weighted by Crippen LogP contribution is -1.97. The number of rotatable bonds is 2. The Hall–Kier alpha value is -2.29. The molecule has 0 saturated heterocycles. The molecule has 0 aliphatic rings. The topological polar surface area (TPSA) is 60.2 Å². The molecule has 0 fully saturated rings. The van der Waals surface area contributed by atoms with Crippen molar-refractivity contribution in [3.8, 4) is 16.9 Å². The van der Waals surface area contributed by atoms with Crippen LogP contribution >= 0.6 is 0 Å². The van der Waals surface area contributed by atoms with Gasteiger partial charge in [-0.3, -0.25) is 0 Å². The van der Waals surface area contributed by atoms with Crippen molar-refractivity contribution >= 4 is 5.97 Å². The van der Waals surface area contributed by atoms with Crippen molar-refractivity contribution in [1.29, 1.82) is 0 Å². The molecule has 0 radical (unpaired) electrons. The second kappa shape index (κ2) is 4.06. The third kappa shape index (κ3) is 1.75. The molecule has 2 aromatic carbocycles. The van der Waals surface area contributed by atoms with Crippen LogP contribution in [-0.2, 0) is 0 Å². The van der Waals surface area contributed by atoms with Crippen molar-refractivity contribution in [1.82, 2.24) is 0 Å². The van der Waals surface area contributed by atoms with E-state index in [1.54, 1.807) is 12.1 Å². The van der Waals surface area contributed by atoms with Crippen molar-refractivity contribution in [2.75, 3.05) is 0 Å². The molecule has 0 amide bonds. The molecule has 3 N–H and O–H groups in total. The SMILES string of the molecule is O=C([OH2+])c1cccc(-c2ccccc2)c1O. The summed E-state index contributed by atoms with van der Waals surface area (Å²) < 4.78 is 0. The monoisotopic (exact) mass is 215 g/mol. The smallest absolute Gasteiger partial charge is 0.552 e. The predicted molar refractivity (Wildman–Crippen MR) is 61.5 cm³/mol. The fraction of sp³-hybridized carbons (Fsp3) is 0. The fourth-order valence-electron chi connectivity index (χ4n) is 1.58. The zero-order chi connectivity index (χ0) is 11.5. The van der Waals surface area contributed by atoms with Gasteiger partial charge in [-0.2, -0.15) is 0 Å². The van der Waals surface area contributed by atoms with E-state index in [1.165, 1.54) is 6.07 Å². The minimum absolute atomic E-state index is 0.0290. The van der Waals surface area contributed by atoms with Gasteiger partial charge in [-0.15, -0.1) is 0 Å². The Labute approximate surface area is 92.6 Å². The van der Waals surface area contributed by atoms with Gasteiger partial charge in [0, 0.05) is 10.4 Å². The molecule has 80 valence electrons. The number of carbonyl (C=O) groups excluding carboxylic acids is 1. The molecule has 0 bridgehead atoms. The van der Waals surface area contributed by atoms with Gasteiger partial charge in [-0.1, -0.05) is 42.5 Å². The van der Waals surface area contributed by atoms with Gasteiger partial charge < -0.3 is 10.2 Å². The summed E-state index contributed by atoms with van der Waals surface area (Å²) in [6.07, 6.45) is 0. The van der Waals surface area contributed by atoms with Gasteiger partial charge in [-0.25, -0.2) is 0 Å². The number of phenols is 1. The minimum Gasteiger partial charge on any atom is -0.561 e. The average Bonchev–Trinajstić information content (AvgIpc) is 2.30. The second-order valence-electron chi connectivity index (χ2n) is 3.40. The van der Waals surface area contributed by atoms with Crippen LogP contribution in [0.3, 0.4) is 0 Å². The number of phenolic OH excluding ortho intramolecular Hbond substituents is 1. The average molecular weight is 215 g/mol. The van der Waals surface area contributed by atoms with Gasteiger partial charge in [0.1, 0.15) is 5.75 Å². The molecular weight excluding hydrogens is 204 g/mol. The second-order valence-corrected chi connectivity index (χ2v) is 3.40. The highest BCUT2D eigenvalue weighted by Crippen LogP contribution is 2.31. The van der Waals surface area contributed by atoms with E-state index in [-0.39, 0.29) is 11.3 Å². The Morgan fingerprint density at radius 1 is 1.00 bits per heavy atom. The lowest BCUT2D eigenvalue weighted by Gasteiger charge is -2.05. The number of hydrogen-bond donors (Lipinski definition) is 1. The van der Waals surface area contributed by atoms with Crippen LogP contribution in [0.15, 0.2) is 48.5 Å². The first-order valence-electron chi connectivity index (χ1n) is 4.83. The van der Waals surface area contributed by atoms with E-state index in [4.69, 9.17) is 5.11 Å². The van der Waals surface area contributed by atoms with Crippen molar-refractivity contribution in [2.45, 2.75) is 0 Å². The van der Waals surface area contributed by atoms with Gasteiger partial charge in [0.15, 0.2) is 5.56 Å². The number of hydrogen-bond acceptors (Lipinski definition) is 2. The van der Waals surface area contributed by atoms with Gasteiger partial charge in [0.25, 0.3) is 0 Å². The summed E-state index contributed by atoms with van der Waals surface area (Å²) >= 11 is 0. The molecule has 2 aromatic rings. The van der Waals surface area contributed by atoms with Crippen molar-refractivity contribution < 1.29 is 15.0 Å². The van der Waals surface area contributed by atoms with E-state index < -0.39 is 5.97 Å². The molecule has 0 aliphatic carbocycles. The molecule has 0 spiro atoms. The Balaban J connectivity index is 2.59. The summed E-state index contributed by atoms with van der Waals surface area (Å²) in [4.78, 5) is 11.0. The van der Waals surface area contributed by atoms with Crippen molar-refractivity contribution in [3.63, 3.8) is 0 Å². The van der Waals surface area contributed by atoms with Crippen LogP contribution in [-0.4, -0.2) is 16.2 Å².